The first-order valence-electron chi connectivity index (χ1n) is 6.37. The highest BCUT2D eigenvalue weighted by Gasteiger charge is 2.43. The number of hydrogen-bond acceptors (Lipinski definition) is 3. The molecule has 0 aromatic heterocycles. The molecule has 1 atom stereocenters. The van der Waals surface area contributed by atoms with Crippen molar-refractivity contribution in [3.63, 3.8) is 0 Å². The molecule has 0 heterocycles. The molecular weight excluding hydrogens is 234 g/mol. The van der Waals surface area contributed by atoms with Crippen LogP contribution in [0, 0.1) is 5.92 Å². The minimum absolute atomic E-state index is 0.0170. The van der Waals surface area contributed by atoms with Gasteiger partial charge in [-0.05, 0) is 39.5 Å². The number of nitrogens with zero attached hydrogens (tertiary/aromatic N) is 1. The van der Waals surface area contributed by atoms with Gasteiger partial charge < -0.3 is 9.84 Å². The number of carboxylic acid groups (broad SMARTS) is 1. The molecule has 0 radical (unpaired) electrons. The maximum absolute atomic E-state index is 12.1. The van der Waals surface area contributed by atoms with E-state index in [1.165, 1.54) is 4.90 Å². The Morgan fingerprint density at radius 2 is 1.78 bits per heavy atom. The highest BCUT2D eigenvalue weighted by molar-refractivity contribution is 5.81. The number of carbonyl (C=O) groups excluding carboxylic acids is 1. The van der Waals surface area contributed by atoms with Gasteiger partial charge in [0.1, 0.15) is 11.6 Å². The molecule has 0 aliphatic heterocycles. The Bertz CT molecular complexity index is 328. The van der Waals surface area contributed by atoms with Crippen LogP contribution < -0.4 is 0 Å². The average molecular weight is 257 g/mol. The number of hydrogen-bond donors (Lipinski definition) is 1. The van der Waals surface area contributed by atoms with Crippen molar-refractivity contribution in [1.29, 1.82) is 0 Å². The van der Waals surface area contributed by atoms with Crippen LogP contribution in [0.4, 0.5) is 4.79 Å². The summed E-state index contributed by atoms with van der Waals surface area (Å²) < 4.78 is 5.31. The molecule has 5 heteroatoms. The van der Waals surface area contributed by atoms with Gasteiger partial charge in [0.15, 0.2) is 0 Å². The number of carbonyl (C=O) groups is 2. The monoisotopic (exact) mass is 257 g/mol. The Balaban J connectivity index is 2.87. The zero-order chi connectivity index (χ0) is 14.1. The lowest BCUT2D eigenvalue weighted by Gasteiger charge is -2.33. The van der Waals surface area contributed by atoms with Crippen molar-refractivity contribution < 1.29 is 19.4 Å². The molecule has 1 unspecified atom stereocenters. The molecule has 1 N–H and O–H groups in total. The van der Waals surface area contributed by atoms with Crippen LogP contribution in [0.5, 0.6) is 0 Å². The Hall–Kier alpha value is -1.26. The second-order valence-corrected chi connectivity index (χ2v) is 6.15. The van der Waals surface area contributed by atoms with E-state index in [9.17, 15) is 14.7 Å². The van der Waals surface area contributed by atoms with Gasteiger partial charge in [-0.1, -0.05) is 13.8 Å². The summed E-state index contributed by atoms with van der Waals surface area (Å²) in [5.41, 5.74) is -0.607. The van der Waals surface area contributed by atoms with Gasteiger partial charge in [0, 0.05) is 6.04 Å². The molecule has 0 aromatic carbocycles. The molecule has 1 rings (SSSR count). The first kappa shape index (κ1) is 14.8. The summed E-state index contributed by atoms with van der Waals surface area (Å²) >= 11 is 0. The van der Waals surface area contributed by atoms with E-state index in [0.717, 1.165) is 12.8 Å². The normalized spacial score (nSPS) is 17.4. The van der Waals surface area contributed by atoms with Crippen molar-refractivity contribution in [2.75, 3.05) is 0 Å². The maximum Gasteiger partial charge on any atom is 0.411 e. The van der Waals surface area contributed by atoms with Crippen LogP contribution in [-0.4, -0.2) is 39.8 Å². The lowest BCUT2D eigenvalue weighted by Crippen LogP contribution is -2.50. The summed E-state index contributed by atoms with van der Waals surface area (Å²) in [6.07, 6.45) is 1.19. The van der Waals surface area contributed by atoms with E-state index in [4.69, 9.17) is 4.74 Å². The standard InChI is InChI=1S/C13H23NO4/c1-8(2)10(11(15)16)14(9-6-7-9)12(17)18-13(3,4)5/h8-10H,6-7H2,1-5H3,(H,15,16). The molecule has 1 saturated carbocycles. The average Bonchev–Trinajstić information content (AvgIpc) is 2.92. The first-order chi connectivity index (χ1) is 8.13. The molecule has 0 bridgehead atoms. The number of carboxylic acids is 1. The highest BCUT2D eigenvalue weighted by atomic mass is 16.6. The lowest BCUT2D eigenvalue weighted by molar-refractivity contribution is -0.145. The molecule has 5 nitrogen and oxygen atoms in total. The largest absolute Gasteiger partial charge is 0.480 e. The summed E-state index contributed by atoms with van der Waals surface area (Å²) in [4.78, 5) is 24.9. The van der Waals surface area contributed by atoms with Gasteiger partial charge in [0.05, 0.1) is 0 Å². The fourth-order valence-electron chi connectivity index (χ4n) is 1.88. The van der Waals surface area contributed by atoms with Crippen molar-refractivity contribution in [3.8, 4) is 0 Å². The van der Waals surface area contributed by atoms with Gasteiger partial charge >= 0.3 is 12.1 Å². The number of ether oxygens (including phenoxy) is 1. The van der Waals surface area contributed by atoms with Crippen LogP contribution in [0.3, 0.4) is 0 Å². The predicted octanol–water partition coefficient (Wildman–Crippen LogP) is 2.50. The third kappa shape index (κ3) is 3.89. The Morgan fingerprint density at radius 3 is 2.06 bits per heavy atom. The van der Waals surface area contributed by atoms with Crippen molar-refractivity contribution in [2.24, 2.45) is 5.92 Å². The van der Waals surface area contributed by atoms with Crippen LogP contribution in [0.2, 0.25) is 0 Å². The van der Waals surface area contributed by atoms with E-state index in [-0.39, 0.29) is 12.0 Å². The van der Waals surface area contributed by atoms with Crippen LogP contribution >= 0.6 is 0 Å². The number of aliphatic carboxylic acids is 1. The first-order valence-corrected chi connectivity index (χ1v) is 6.37. The Morgan fingerprint density at radius 1 is 1.28 bits per heavy atom. The minimum atomic E-state index is -0.970. The van der Waals surface area contributed by atoms with Crippen molar-refractivity contribution in [3.05, 3.63) is 0 Å². The minimum Gasteiger partial charge on any atom is -0.480 e. The fourth-order valence-corrected chi connectivity index (χ4v) is 1.88. The summed E-state index contributed by atoms with van der Waals surface area (Å²) in [6, 6.07) is -0.796. The highest BCUT2D eigenvalue weighted by Crippen LogP contribution is 2.32. The van der Waals surface area contributed by atoms with Gasteiger partial charge in [-0.15, -0.1) is 0 Å². The van der Waals surface area contributed by atoms with Crippen molar-refractivity contribution >= 4 is 12.1 Å². The van der Waals surface area contributed by atoms with Crippen molar-refractivity contribution in [1.82, 2.24) is 4.90 Å². The quantitative estimate of drug-likeness (QED) is 0.840. The lowest BCUT2D eigenvalue weighted by atomic mass is 10.0. The van der Waals surface area contributed by atoms with Gasteiger partial charge in [0.2, 0.25) is 0 Å². The van der Waals surface area contributed by atoms with Crippen LogP contribution in [0.15, 0.2) is 0 Å². The van der Waals surface area contributed by atoms with E-state index in [0.29, 0.717) is 0 Å². The Labute approximate surface area is 108 Å². The molecular formula is C13H23NO4. The molecule has 1 aliphatic rings. The van der Waals surface area contributed by atoms with Crippen molar-refractivity contribution in [2.45, 2.75) is 65.1 Å². The molecule has 0 aromatic rings. The Kier molecular flexibility index (Phi) is 4.24. The predicted molar refractivity (Wildman–Crippen MR) is 67.4 cm³/mol. The fraction of sp³-hybridized carbons (Fsp3) is 0.846. The molecule has 18 heavy (non-hydrogen) atoms. The maximum atomic E-state index is 12.1. The van der Waals surface area contributed by atoms with Gasteiger partial charge in [0.25, 0.3) is 0 Å². The molecule has 1 aliphatic carbocycles. The van der Waals surface area contributed by atoms with E-state index >= 15 is 0 Å². The SMILES string of the molecule is CC(C)C(C(=O)O)N(C(=O)OC(C)(C)C)C1CC1. The number of rotatable bonds is 4. The summed E-state index contributed by atoms with van der Waals surface area (Å²) in [7, 11) is 0. The molecule has 104 valence electrons. The molecule has 0 saturated heterocycles. The zero-order valence-electron chi connectivity index (χ0n) is 11.8. The smallest absolute Gasteiger partial charge is 0.411 e. The molecule has 1 fully saturated rings. The topological polar surface area (TPSA) is 66.8 Å². The molecule has 1 amide bonds. The summed E-state index contributed by atoms with van der Waals surface area (Å²) in [5, 5.41) is 9.29. The third-order valence-electron chi connectivity index (χ3n) is 2.73. The van der Waals surface area contributed by atoms with Crippen LogP contribution in [0.1, 0.15) is 47.5 Å². The van der Waals surface area contributed by atoms with Gasteiger partial charge in [-0.2, -0.15) is 0 Å². The van der Waals surface area contributed by atoms with E-state index in [2.05, 4.69) is 0 Å². The summed E-state index contributed by atoms with van der Waals surface area (Å²) in [5.74, 6) is -1.11. The van der Waals surface area contributed by atoms with Gasteiger partial charge in [-0.3, -0.25) is 4.90 Å². The second-order valence-electron chi connectivity index (χ2n) is 6.15. The van der Waals surface area contributed by atoms with E-state index < -0.39 is 23.7 Å². The van der Waals surface area contributed by atoms with E-state index in [1.54, 1.807) is 34.6 Å². The molecule has 0 spiro atoms. The van der Waals surface area contributed by atoms with E-state index in [1.807, 2.05) is 0 Å². The van der Waals surface area contributed by atoms with Gasteiger partial charge in [-0.25, -0.2) is 9.59 Å². The number of amides is 1. The zero-order valence-corrected chi connectivity index (χ0v) is 11.8. The van der Waals surface area contributed by atoms with Crippen LogP contribution in [0.25, 0.3) is 0 Å². The summed E-state index contributed by atoms with van der Waals surface area (Å²) in [6.45, 7) is 8.94. The third-order valence-corrected chi connectivity index (χ3v) is 2.73. The second kappa shape index (κ2) is 5.16. The van der Waals surface area contributed by atoms with Crippen LogP contribution in [-0.2, 0) is 9.53 Å².